The summed E-state index contributed by atoms with van der Waals surface area (Å²) in [6.07, 6.45) is 3.16. The first-order valence-corrected chi connectivity index (χ1v) is 7.17. The van der Waals surface area contributed by atoms with E-state index in [1.165, 1.54) is 5.56 Å². The molecular formula is C16H24N2O. The number of para-hydroxylation sites is 1. The summed E-state index contributed by atoms with van der Waals surface area (Å²) in [5.74, 6) is 0.0885. The molecule has 1 unspecified atom stereocenters. The number of hydrogen-bond donors (Lipinski definition) is 2. The van der Waals surface area contributed by atoms with Gasteiger partial charge in [-0.1, -0.05) is 39.0 Å². The third-order valence-corrected chi connectivity index (χ3v) is 4.05. The summed E-state index contributed by atoms with van der Waals surface area (Å²) in [7, 11) is 0. The molecule has 2 rings (SSSR count). The van der Waals surface area contributed by atoms with Crippen molar-refractivity contribution in [2.75, 3.05) is 11.9 Å². The number of benzene rings is 1. The molecule has 1 aliphatic rings. The Kier molecular flexibility index (Phi) is 4.25. The van der Waals surface area contributed by atoms with Gasteiger partial charge in [0.2, 0.25) is 5.91 Å². The highest BCUT2D eigenvalue weighted by atomic mass is 16.2. The summed E-state index contributed by atoms with van der Waals surface area (Å²) in [6, 6.07) is 7.92. The average Bonchev–Trinajstić information content (AvgIpc) is 2.38. The van der Waals surface area contributed by atoms with Crippen molar-refractivity contribution in [3.8, 4) is 0 Å². The first-order chi connectivity index (χ1) is 9.04. The maximum absolute atomic E-state index is 12.5. The van der Waals surface area contributed by atoms with Crippen molar-refractivity contribution >= 4 is 11.6 Å². The normalized spacial score (nSPS) is 21.9. The molecule has 0 aromatic heterocycles. The zero-order valence-corrected chi connectivity index (χ0v) is 12.1. The standard InChI is InChI=1S/C16H24N2O/c1-4-12-8-5-6-9-13(12)18-15(19)14-16(2,3)10-7-11-17-14/h5-6,8-9,14,17H,4,7,10-11H2,1-3H3,(H,18,19). The van der Waals surface area contributed by atoms with Gasteiger partial charge >= 0.3 is 0 Å². The van der Waals surface area contributed by atoms with Gasteiger partial charge in [-0.2, -0.15) is 0 Å². The first-order valence-electron chi connectivity index (χ1n) is 7.17. The van der Waals surface area contributed by atoms with Crippen molar-refractivity contribution in [3.63, 3.8) is 0 Å². The second kappa shape index (κ2) is 5.74. The van der Waals surface area contributed by atoms with E-state index in [2.05, 4.69) is 37.5 Å². The zero-order chi connectivity index (χ0) is 13.9. The van der Waals surface area contributed by atoms with Gasteiger partial charge in [-0.3, -0.25) is 4.79 Å². The monoisotopic (exact) mass is 260 g/mol. The Labute approximate surface area is 115 Å². The van der Waals surface area contributed by atoms with Crippen molar-refractivity contribution in [2.45, 2.75) is 46.1 Å². The van der Waals surface area contributed by atoms with Gasteiger partial charge in [-0.05, 0) is 42.9 Å². The predicted molar refractivity (Wildman–Crippen MR) is 79.3 cm³/mol. The van der Waals surface area contributed by atoms with Crippen LogP contribution >= 0.6 is 0 Å². The number of amides is 1. The number of carbonyl (C=O) groups excluding carboxylic acids is 1. The molecule has 19 heavy (non-hydrogen) atoms. The summed E-state index contributed by atoms with van der Waals surface area (Å²) in [5, 5.41) is 6.44. The number of aryl methyl sites for hydroxylation is 1. The van der Waals surface area contributed by atoms with E-state index >= 15 is 0 Å². The number of anilines is 1. The van der Waals surface area contributed by atoms with Gasteiger partial charge in [0.05, 0.1) is 6.04 Å². The number of carbonyl (C=O) groups is 1. The van der Waals surface area contributed by atoms with Crippen LogP contribution < -0.4 is 10.6 Å². The van der Waals surface area contributed by atoms with Crippen molar-refractivity contribution in [1.29, 1.82) is 0 Å². The van der Waals surface area contributed by atoms with Crippen LogP contribution in [0.5, 0.6) is 0 Å². The molecule has 1 amide bonds. The van der Waals surface area contributed by atoms with Crippen LogP contribution in [0.25, 0.3) is 0 Å². The minimum atomic E-state index is -0.105. The molecule has 1 saturated heterocycles. The van der Waals surface area contributed by atoms with Crippen LogP contribution in [-0.4, -0.2) is 18.5 Å². The molecule has 1 atom stereocenters. The van der Waals surface area contributed by atoms with Crippen molar-refractivity contribution in [2.24, 2.45) is 5.41 Å². The predicted octanol–water partition coefficient (Wildman–Crippen LogP) is 2.97. The molecule has 0 aliphatic carbocycles. The highest BCUT2D eigenvalue weighted by molar-refractivity contribution is 5.96. The molecular weight excluding hydrogens is 236 g/mol. The Bertz CT molecular complexity index is 454. The number of hydrogen-bond acceptors (Lipinski definition) is 2. The summed E-state index contributed by atoms with van der Waals surface area (Å²) >= 11 is 0. The van der Waals surface area contributed by atoms with Gasteiger partial charge in [0, 0.05) is 5.69 Å². The lowest BCUT2D eigenvalue weighted by Crippen LogP contribution is -2.53. The summed E-state index contributed by atoms with van der Waals surface area (Å²) in [4.78, 5) is 12.5. The molecule has 1 aromatic rings. The quantitative estimate of drug-likeness (QED) is 0.877. The molecule has 1 heterocycles. The summed E-state index contributed by atoms with van der Waals surface area (Å²) < 4.78 is 0. The molecule has 3 nitrogen and oxygen atoms in total. The first kappa shape index (κ1) is 14.1. The SMILES string of the molecule is CCc1ccccc1NC(=O)C1NCCCC1(C)C. The number of rotatable bonds is 3. The number of piperidine rings is 1. The van der Waals surface area contributed by atoms with E-state index in [0.29, 0.717) is 0 Å². The van der Waals surface area contributed by atoms with E-state index in [-0.39, 0.29) is 17.4 Å². The Balaban J connectivity index is 2.12. The second-order valence-electron chi connectivity index (χ2n) is 5.98. The highest BCUT2D eigenvalue weighted by Crippen LogP contribution is 2.31. The molecule has 0 spiro atoms. The molecule has 0 bridgehead atoms. The van der Waals surface area contributed by atoms with Crippen LogP contribution in [0, 0.1) is 5.41 Å². The lowest BCUT2D eigenvalue weighted by molar-refractivity contribution is -0.121. The molecule has 0 radical (unpaired) electrons. The van der Waals surface area contributed by atoms with E-state index in [1.54, 1.807) is 0 Å². The molecule has 1 fully saturated rings. The minimum Gasteiger partial charge on any atom is -0.324 e. The molecule has 1 aliphatic heterocycles. The van der Waals surface area contributed by atoms with Crippen molar-refractivity contribution in [3.05, 3.63) is 29.8 Å². The Morgan fingerprint density at radius 1 is 1.42 bits per heavy atom. The largest absolute Gasteiger partial charge is 0.324 e. The topological polar surface area (TPSA) is 41.1 Å². The third kappa shape index (κ3) is 3.16. The van der Waals surface area contributed by atoms with Gasteiger partial charge < -0.3 is 10.6 Å². The maximum Gasteiger partial charge on any atom is 0.242 e. The fraction of sp³-hybridized carbons (Fsp3) is 0.562. The number of nitrogens with one attached hydrogen (secondary N) is 2. The smallest absolute Gasteiger partial charge is 0.242 e. The summed E-state index contributed by atoms with van der Waals surface area (Å²) in [6.45, 7) is 7.36. The van der Waals surface area contributed by atoms with E-state index in [4.69, 9.17) is 0 Å². The van der Waals surface area contributed by atoms with E-state index in [0.717, 1.165) is 31.5 Å². The fourth-order valence-corrected chi connectivity index (χ4v) is 2.81. The molecule has 104 valence electrons. The van der Waals surface area contributed by atoms with Crippen LogP contribution in [0.4, 0.5) is 5.69 Å². The molecule has 0 saturated carbocycles. The zero-order valence-electron chi connectivity index (χ0n) is 12.1. The third-order valence-electron chi connectivity index (χ3n) is 4.05. The van der Waals surface area contributed by atoms with Gasteiger partial charge in [-0.25, -0.2) is 0 Å². The van der Waals surface area contributed by atoms with Gasteiger partial charge in [-0.15, -0.1) is 0 Å². The Morgan fingerprint density at radius 3 is 2.84 bits per heavy atom. The van der Waals surface area contributed by atoms with Crippen LogP contribution in [0.1, 0.15) is 39.2 Å². The van der Waals surface area contributed by atoms with E-state index in [9.17, 15) is 4.79 Å². The average molecular weight is 260 g/mol. The highest BCUT2D eigenvalue weighted by Gasteiger charge is 2.37. The van der Waals surface area contributed by atoms with Gasteiger partial charge in [0.15, 0.2) is 0 Å². The van der Waals surface area contributed by atoms with Crippen molar-refractivity contribution < 1.29 is 4.79 Å². The second-order valence-corrected chi connectivity index (χ2v) is 5.98. The van der Waals surface area contributed by atoms with Crippen LogP contribution in [-0.2, 0) is 11.2 Å². The molecule has 3 heteroatoms. The van der Waals surface area contributed by atoms with E-state index in [1.807, 2.05) is 18.2 Å². The van der Waals surface area contributed by atoms with Gasteiger partial charge in [0.1, 0.15) is 0 Å². The lowest BCUT2D eigenvalue weighted by Gasteiger charge is -2.38. The van der Waals surface area contributed by atoms with Crippen LogP contribution in [0.2, 0.25) is 0 Å². The van der Waals surface area contributed by atoms with E-state index < -0.39 is 0 Å². The van der Waals surface area contributed by atoms with Crippen LogP contribution in [0.15, 0.2) is 24.3 Å². The lowest BCUT2D eigenvalue weighted by atomic mass is 9.77. The molecule has 1 aromatic carbocycles. The van der Waals surface area contributed by atoms with Crippen molar-refractivity contribution in [1.82, 2.24) is 5.32 Å². The maximum atomic E-state index is 12.5. The van der Waals surface area contributed by atoms with Gasteiger partial charge in [0.25, 0.3) is 0 Å². The van der Waals surface area contributed by atoms with Crippen LogP contribution in [0.3, 0.4) is 0 Å². The molecule has 2 N–H and O–H groups in total. The summed E-state index contributed by atoms with van der Waals surface area (Å²) in [5.41, 5.74) is 2.14. The fourth-order valence-electron chi connectivity index (χ4n) is 2.81. The Morgan fingerprint density at radius 2 is 2.16 bits per heavy atom. The Hall–Kier alpha value is -1.35. The minimum absolute atomic E-state index is 0.0174.